The quantitative estimate of drug-likeness (QED) is 0.712. The lowest BCUT2D eigenvalue weighted by molar-refractivity contribution is 0.246. The third kappa shape index (κ3) is 3.44. The number of nitrogens with zero attached hydrogens (tertiary/aromatic N) is 1. The normalized spacial score (nSPS) is 20.3. The fourth-order valence-electron chi connectivity index (χ4n) is 4.03. The largest absolute Gasteiger partial charge is 0.508 e. The van der Waals surface area contributed by atoms with E-state index in [2.05, 4.69) is 35.2 Å². The van der Waals surface area contributed by atoms with Crippen LogP contribution in [0.1, 0.15) is 35.1 Å². The number of likely N-dealkylation sites (tertiary alicyclic amines) is 1. The first-order chi connectivity index (χ1) is 12.7. The van der Waals surface area contributed by atoms with Gasteiger partial charge < -0.3 is 10.2 Å². The molecule has 26 heavy (non-hydrogen) atoms. The summed E-state index contributed by atoms with van der Waals surface area (Å²) >= 11 is 0. The van der Waals surface area contributed by atoms with Crippen molar-refractivity contribution in [3.05, 3.63) is 95.6 Å². The molecule has 132 valence electrons. The summed E-state index contributed by atoms with van der Waals surface area (Å²) in [4.78, 5) is 2.45. The zero-order valence-electron chi connectivity index (χ0n) is 14.6. The molecule has 1 aliphatic heterocycles. The molecule has 0 spiro atoms. The molecule has 2 unspecified atom stereocenters. The monoisotopic (exact) mass is 345 g/mol. The molecule has 4 rings (SSSR count). The Labute approximate surface area is 154 Å². The van der Waals surface area contributed by atoms with E-state index in [0.717, 1.165) is 30.6 Å². The highest BCUT2D eigenvalue weighted by molar-refractivity contribution is 5.38. The van der Waals surface area contributed by atoms with Gasteiger partial charge in [-0.25, -0.2) is 0 Å². The number of phenolic OH excluding ortho intramolecular Hbond substituents is 2. The molecule has 1 fully saturated rings. The molecule has 3 nitrogen and oxygen atoms in total. The second kappa shape index (κ2) is 7.22. The van der Waals surface area contributed by atoms with Crippen LogP contribution in [-0.4, -0.2) is 21.7 Å². The van der Waals surface area contributed by atoms with Gasteiger partial charge in [0.25, 0.3) is 0 Å². The molecule has 1 heterocycles. The van der Waals surface area contributed by atoms with Gasteiger partial charge in [-0.15, -0.1) is 0 Å². The molecule has 1 aliphatic rings. The molecule has 0 radical (unpaired) electrons. The molecule has 3 aromatic rings. The Morgan fingerprint density at radius 3 is 2.38 bits per heavy atom. The standard InChI is InChI=1S/C23H23NO2/c25-20-10-6-9-18(13-20)22-14-19(21-11-4-5-12-23(21)26)16-24(22)15-17-7-2-1-3-8-17/h1-13,19,22,25-26H,14-16H2. The number of aromatic hydroxyl groups is 2. The van der Waals surface area contributed by atoms with Crippen LogP contribution in [0.15, 0.2) is 78.9 Å². The fraction of sp³-hybridized carbons (Fsp3) is 0.217. The molecule has 2 atom stereocenters. The number of para-hydroxylation sites is 1. The minimum absolute atomic E-state index is 0.215. The Bertz CT molecular complexity index is 878. The Morgan fingerprint density at radius 1 is 0.846 bits per heavy atom. The van der Waals surface area contributed by atoms with Crippen molar-refractivity contribution in [2.75, 3.05) is 6.54 Å². The van der Waals surface area contributed by atoms with Gasteiger partial charge in [-0.05, 0) is 41.3 Å². The number of phenols is 2. The van der Waals surface area contributed by atoms with Crippen molar-refractivity contribution >= 4 is 0 Å². The zero-order chi connectivity index (χ0) is 17.9. The van der Waals surface area contributed by atoms with E-state index >= 15 is 0 Å². The second-order valence-corrected chi connectivity index (χ2v) is 7.02. The highest BCUT2D eigenvalue weighted by Crippen LogP contribution is 2.43. The van der Waals surface area contributed by atoms with Crippen molar-refractivity contribution in [3.63, 3.8) is 0 Å². The average molecular weight is 345 g/mol. The molecule has 0 aromatic heterocycles. The van der Waals surface area contributed by atoms with Crippen LogP contribution in [0, 0.1) is 0 Å². The van der Waals surface area contributed by atoms with E-state index in [-0.39, 0.29) is 12.0 Å². The number of hydrogen-bond acceptors (Lipinski definition) is 3. The molecule has 0 aliphatic carbocycles. The highest BCUT2D eigenvalue weighted by atomic mass is 16.3. The first-order valence-corrected chi connectivity index (χ1v) is 9.05. The summed E-state index contributed by atoms with van der Waals surface area (Å²) < 4.78 is 0. The number of benzene rings is 3. The van der Waals surface area contributed by atoms with E-state index in [4.69, 9.17) is 0 Å². The van der Waals surface area contributed by atoms with E-state index in [1.54, 1.807) is 12.1 Å². The van der Waals surface area contributed by atoms with E-state index in [1.165, 1.54) is 5.56 Å². The van der Waals surface area contributed by atoms with Crippen molar-refractivity contribution in [2.24, 2.45) is 0 Å². The summed E-state index contributed by atoms with van der Waals surface area (Å²) in [5.41, 5.74) is 3.41. The molecule has 3 aromatic carbocycles. The maximum atomic E-state index is 10.3. The Balaban J connectivity index is 1.65. The van der Waals surface area contributed by atoms with Gasteiger partial charge in [-0.2, -0.15) is 0 Å². The van der Waals surface area contributed by atoms with Crippen molar-refractivity contribution in [3.8, 4) is 11.5 Å². The third-order valence-electron chi connectivity index (χ3n) is 5.26. The predicted octanol–water partition coefficient (Wildman–Crippen LogP) is 4.83. The molecule has 3 heteroatoms. The Kier molecular flexibility index (Phi) is 4.63. The molecule has 0 amide bonds. The van der Waals surface area contributed by atoms with Crippen LogP contribution in [-0.2, 0) is 6.54 Å². The first kappa shape index (κ1) is 16.7. The molecule has 1 saturated heterocycles. The van der Waals surface area contributed by atoms with Crippen LogP contribution in [0.3, 0.4) is 0 Å². The Hall–Kier alpha value is -2.78. The molecule has 0 bridgehead atoms. The molecule has 0 saturated carbocycles. The lowest BCUT2D eigenvalue weighted by Gasteiger charge is -2.25. The summed E-state index contributed by atoms with van der Waals surface area (Å²) in [6, 6.07) is 25.8. The van der Waals surface area contributed by atoms with Gasteiger partial charge in [0, 0.05) is 25.0 Å². The van der Waals surface area contributed by atoms with Crippen molar-refractivity contribution in [1.82, 2.24) is 4.90 Å². The van der Waals surface area contributed by atoms with Crippen LogP contribution in [0.25, 0.3) is 0 Å². The van der Waals surface area contributed by atoms with Crippen LogP contribution < -0.4 is 0 Å². The van der Waals surface area contributed by atoms with Gasteiger partial charge in [0.2, 0.25) is 0 Å². The second-order valence-electron chi connectivity index (χ2n) is 7.02. The maximum Gasteiger partial charge on any atom is 0.119 e. The van der Waals surface area contributed by atoms with Gasteiger partial charge >= 0.3 is 0 Å². The van der Waals surface area contributed by atoms with Crippen molar-refractivity contribution in [2.45, 2.75) is 24.9 Å². The lowest BCUT2D eigenvalue weighted by Crippen LogP contribution is -2.23. The van der Waals surface area contributed by atoms with Crippen molar-refractivity contribution < 1.29 is 10.2 Å². The van der Waals surface area contributed by atoms with Gasteiger partial charge in [-0.1, -0.05) is 60.7 Å². The summed E-state index contributed by atoms with van der Waals surface area (Å²) in [5.74, 6) is 0.939. The topological polar surface area (TPSA) is 43.7 Å². The fourth-order valence-corrected chi connectivity index (χ4v) is 4.03. The van der Waals surface area contributed by atoms with E-state index in [9.17, 15) is 10.2 Å². The first-order valence-electron chi connectivity index (χ1n) is 9.05. The Morgan fingerprint density at radius 2 is 1.62 bits per heavy atom. The SMILES string of the molecule is Oc1cccc(C2CC(c3ccccc3O)CN2Cc2ccccc2)c1. The zero-order valence-corrected chi connectivity index (χ0v) is 14.6. The van der Waals surface area contributed by atoms with Crippen LogP contribution in [0.2, 0.25) is 0 Å². The van der Waals surface area contributed by atoms with Gasteiger partial charge in [-0.3, -0.25) is 4.90 Å². The summed E-state index contributed by atoms with van der Waals surface area (Å²) in [5, 5.41) is 20.2. The van der Waals surface area contributed by atoms with E-state index in [1.807, 2.05) is 36.4 Å². The average Bonchev–Trinajstić information content (AvgIpc) is 3.06. The van der Waals surface area contributed by atoms with E-state index in [0.29, 0.717) is 11.5 Å². The number of rotatable bonds is 4. The predicted molar refractivity (Wildman–Crippen MR) is 103 cm³/mol. The summed E-state index contributed by atoms with van der Waals surface area (Å²) in [7, 11) is 0. The highest BCUT2D eigenvalue weighted by Gasteiger charge is 2.34. The van der Waals surface area contributed by atoms with Crippen LogP contribution in [0.5, 0.6) is 11.5 Å². The van der Waals surface area contributed by atoms with E-state index < -0.39 is 0 Å². The minimum atomic E-state index is 0.215. The van der Waals surface area contributed by atoms with Gasteiger partial charge in [0.1, 0.15) is 11.5 Å². The van der Waals surface area contributed by atoms with Gasteiger partial charge in [0.15, 0.2) is 0 Å². The van der Waals surface area contributed by atoms with Gasteiger partial charge in [0.05, 0.1) is 0 Å². The number of hydrogen-bond donors (Lipinski definition) is 2. The van der Waals surface area contributed by atoms with Crippen LogP contribution in [0.4, 0.5) is 0 Å². The molecular formula is C23H23NO2. The molecule has 2 N–H and O–H groups in total. The van der Waals surface area contributed by atoms with Crippen molar-refractivity contribution in [1.29, 1.82) is 0 Å². The lowest BCUT2D eigenvalue weighted by atomic mass is 9.93. The summed E-state index contributed by atoms with van der Waals surface area (Å²) in [6.07, 6.45) is 0.924. The smallest absolute Gasteiger partial charge is 0.119 e. The third-order valence-corrected chi connectivity index (χ3v) is 5.26. The minimum Gasteiger partial charge on any atom is -0.508 e. The molecular weight excluding hydrogens is 322 g/mol. The summed E-state index contributed by atoms with van der Waals surface area (Å²) in [6.45, 7) is 1.73. The maximum absolute atomic E-state index is 10.3. The van der Waals surface area contributed by atoms with Crippen LogP contribution >= 0.6 is 0 Å².